The first-order valence-corrected chi connectivity index (χ1v) is 5.99. The number of rotatable bonds is 0. The van der Waals surface area contributed by atoms with Crippen molar-refractivity contribution in [2.45, 2.75) is 32.1 Å². The molecular formula is C11H15NS. The van der Waals surface area contributed by atoms with Crippen molar-refractivity contribution in [1.82, 2.24) is 5.32 Å². The molecule has 0 radical (unpaired) electrons. The molecule has 3 rings (SSSR count). The first-order valence-electron chi connectivity index (χ1n) is 5.18. The second kappa shape index (κ2) is 2.82. The van der Waals surface area contributed by atoms with Crippen molar-refractivity contribution in [3.05, 3.63) is 20.9 Å². The molecule has 2 heterocycles. The summed E-state index contributed by atoms with van der Waals surface area (Å²) < 4.78 is 0. The highest BCUT2D eigenvalue weighted by Crippen LogP contribution is 2.42. The van der Waals surface area contributed by atoms with Gasteiger partial charge in [0, 0.05) is 16.3 Å². The molecule has 1 atom stereocenters. The zero-order valence-corrected chi connectivity index (χ0v) is 8.84. The molecule has 0 unspecified atom stereocenters. The molecule has 0 spiro atoms. The minimum atomic E-state index is 0.845. The standard InChI is InChI=1S/C11H15NS/c1-7-9-3-2-8-6-12-5-4-10(13-7)11(8)9/h8,12H,2-6H2,1H3/t8-/m0/s1. The van der Waals surface area contributed by atoms with Crippen molar-refractivity contribution in [3.63, 3.8) is 0 Å². The average molecular weight is 193 g/mol. The van der Waals surface area contributed by atoms with Crippen LogP contribution in [0.1, 0.15) is 33.2 Å². The van der Waals surface area contributed by atoms with Crippen LogP contribution in [0.15, 0.2) is 0 Å². The van der Waals surface area contributed by atoms with Gasteiger partial charge < -0.3 is 5.32 Å². The number of hydrogen-bond acceptors (Lipinski definition) is 2. The van der Waals surface area contributed by atoms with E-state index in [1.54, 1.807) is 20.9 Å². The number of nitrogens with one attached hydrogen (secondary N) is 1. The highest BCUT2D eigenvalue weighted by Gasteiger charge is 2.29. The molecule has 2 heteroatoms. The fraction of sp³-hybridized carbons (Fsp3) is 0.636. The Morgan fingerprint density at radius 1 is 1.38 bits per heavy atom. The Labute approximate surface area is 83.2 Å². The zero-order valence-electron chi connectivity index (χ0n) is 8.02. The van der Waals surface area contributed by atoms with Gasteiger partial charge in [-0.1, -0.05) is 0 Å². The van der Waals surface area contributed by atoms with Crippen LogP contribution in [-0.4, -0.2) is 13.1 Å². The monoisotopic (exact) mass is 193 g/mol. The lowest BCUT2D eigenvalue weighted by molar-refractivity contribution is 0.601. The second-order valence-electron chi connectivity index (χ2n) is 4.16. The van der Waals surface area contributed by atoms with Crippen LogP contribution in [0.3, 0.4) is 0 Å². The Kier molecular flexibility index (Phi) is 1.74. The molecule has 0 bridgehead atoms. The molecule has 0 saturated heterocycles. The van der Waals surface area contributed by atoms with Crippen LogP contribution >= 0.6 is 11.3 Å². The van der Waals surface area contributed by atoms with Gasteiger partial charge in [-0.2, -0.15) is 0 Å². The molecule has 70 valence electrons. The van der Waals surface area contributed by atoms with Gasteiger partial charge >= 0.3 is 0 Å². The van der Waals surface area contributed by atoms with E-state index in [-0.39, 0.29) is 0 Å². The first-order chi connectivity index (χ1) is 6.36. The molecule has 1 N–H and O–H groups in total. The summed E-state index contributed by atoms with van der Waals surface area (Å²) in [6, 6.07) is 0. The Bertz CT molecular complexity index is 340. The minimum absolute atomic E-state index is 0.845. The summed E-state index contributed by atoms with van der Waals surface area (Å²) in [6.45, 7) is 4.70. The van der Waals surface area contributed by atoms with E-state index in [2.05, 4.69) is 12.2 Å². The summed E-state index contributed by atoms with van der Waals surface area (Å²) >= 11 is 2.05. The lowest BCUT2D eigenvalue weighted by Crippen LogP contribution is -2.19. The Morgan fingerprint density at radius 3 is 3.23 bits per heavy atom. The van der Waals surface area contributed by atoms with Gasteiger partial charge in [0.1, 0.15) is 0 Å². The third-order valence-electron chi connectivity index (χ3n) is 3.40. The molecule has 1 nitrogen and oxygen atoms in total. The van der Waals surface area contributed by atoms with Crippen molar-refractivity contribution < 1.29 is 0 Å². The third kappa shape index (κ3) is 1.09. The summed E-state index contributed by atoms with van der Waals surface area (Å²) in [5.74, 6) is 0.845. The fourth-order valence-corrected chi connectivity index (χ4v) is 4.08. The maximum absolute atomic E-state index is 3.54. The first kappa shape index (κ1) is 8.01. The molecule has 2 aliphatic rings. The highest BCUT2D eigenvalue weighted by atomic mass is 32.1. The Balaban J connectivity index is 2.16. The molecule has 1 aromatic rings. The third-order valence-corrected chi connectivity index (χ3v) is 4.62. The van der Waals surface area contributed by atoms with Gasteiger partial charge in [-0.3, -0.25) is 0 Å². The van der Waals surface area contributed by atoms with Crippen LogP contribution in [-0.2, 0) is 12.8 Å². The summed E-state index contributed by atoms with van der Waals surface area (Å²) in [5, 5.41) is 3.54. The average Bonchev–Trinajstić information content (AvgIpc) is 2.58. The van der Waals surface area contributed by atoms with E-state index < -0.39 is 0 Å². The van der Waals surface area contributed by atoms with E-state index in [0.29, 0.717) is 0 Å². The topological polar surface area (TPSA) is 12.0 Å². The molecule has 1 aliphatic heterocycles. The molecule has 0 fully saturated rings. The lowest BCUT2D eigenvalue weighted by Gasteiger charge is -2.07. The second-order valence-corrected chi connectivity index (χ2v) is 5.47. The highest BCUT2D eigenvalue weighted by molar-refractivity contribution is 7.12. The maximum Gasteiger partial charge on any atom is 0.00988 e. The van der Waals surface area contributed by atoms with Gasteiger partial charge in [0.05, 0.1) is 0 Å². The van der Waals surface area contributed by atoms with E-state index in [9.17, 15) is 0 Å². The molecular weight excluding hydrogens is 178 g/mol. The smallest absolute Gasteiger partial charge is 0.00988 e. The number of hydrogen-bond donors (Lipinski definition) is 1. The molecule has 0 aromatic carbocycles. The van der Waals surface area contributed by atoms with Crippen LogP contribution in [0.5, 0.6) is 0 Å². The van der Waals surface area contributed by atoms with Gasteiger partial charge in [0.25, 0.3) is 0 Å². The summed E-state index contributed by atoms with van der Waals surface area (Å²) in [4.78, 5) is 3.27. The Morgan fingerprint density at radius 2 is 2.31 bits per heavy atom. The predicted octanol–water partition coefficient (Wildman–Crippen LogP) is 2.23. The summed E-state index contributed by atoms with van der Waals surface area (Å²) in [6.07, 6.45) is 3.99. The van der Waals surface area contributed by atoms with E-state index >= 15 is 0 Å². The van der Waals surface area contributed by atoms with Crippen LogP contribution < -0.4 is 5.32 Å². The molecule has 1 aliphatic carbocycles. The van der Waals surface area contributed by atoms with Crippen LogP contribution in [0, 0.1) is 6.92 Å². The quantitative estimate of drug-likeness (QED) is 0.666. The minimum Gasteiger partial charge on any atom is -0.316 e. The van der Waals surface area contributed by atoms with Crippen LogP contribution in [0.2, 0.25) is 0 Å². The van der Waals surface area contributed by atoms with Crippen molar-refractivity contribution in [3.8, 4) is 0 Å². The molecule has 0 saturated carbocycles. The number of thiophene rings is 1. The van der Waals surface area contributed by atoms with E-state index in [0.717, 1.165) is 5.92 Å². The van der Waals surface area contributed by atoms with Crippen molar-refractivity contribution in [2.24, 2.45) is 0 Å². The summed E-state index contributed by atoms with van der Waals surface area (Å²) in [5.41, 5.74) is 3.45. The molecule has 0 amide bonds. The van der Waals surface area contributed by atoms with Crippen LogP contribution in [0.25, 0.3) is 0 Å². The van der Waals surface area contributed by atoms with E-state index in [1.807, 2.05) is 11.3 Å². The van der Waals surface area contributed by atoms with Gasteiger partial charge in [0.2, 0.25) is 0 Å². The van der Waals surface area contributed by atoms with Gasteiger partial charge in [-0.15, -0.1) is 11.3 Å². The van der Waals surface area contributed by atoms with Crippen molar-refractivity contribution in [2.75, 3.05) is 13.1 Å². The normalized spacial score (nSPS) is 25.8. The predicted molar refractivity (Wildman–Crippen MR) is 56.7 cm³/mol. The zero-order chi connectivity index (χ0) is 8.84. The maximum atomic E-state index is 3.54. The van der Waals surface area contributed by atoms with Crippen molar-refractivity contribution in [1.29, 1.82) is 0 Å². The van der Waals surface area contributed by atoms with Gasteiger partial charge in [-0.05, 0) is 49.8 Å². The van der Waals surface area contributed by atoms with E-state index in [4.69, 9.17) is 0 Å². The number of aryl methyl sites for hydroxylation is 1. The summed E-state index contributed by atoms with van der Waals surface area (Å²) in [7, 11) is 0. The molecule has 13 heavy (non-hydrogen) atoms. The Hall–Kier alpha value is -0.340. The lowest BCUT2D eigenvalue weighted by atomic mass is 10.0. The van der Waals surface area contributed by atoms with Crippen LogP contribution in [0.4, 0.5) is 0 Å². The van der Waals surface area contributed by atoms with Gasteiger partial charge in [-0.25, -0.2) is 0 Å². The van der Waals surface area contributed by atoms with Crippen molar-refractivity contribution >= 4 is 11.3 Å². The largest absolute Gasteiger partial charge is 0.316 e. The van der Waals surface area contributed by atoms with E-state index in [1.165, 1.54) is 32.4 Å². The van der Waals surface area contributed by atoms with Gasteiger partial charge in [0.15, 0.2) is 0 Å². The molecule has 1 aromatic heterocycles. The SMILES string of the molecule is Cc1sc2c3c1CC[C@H]3CNCC2. The fourth-order valence-electron chi connectivity index (χ4n) is 2.78.